The van der Waals surface area contributed by atoms with Crippen LogP contribution in [0.3, 0.4) is 0 Å². The van der Waals surface area contributed by atoms with Gasteiger partial charge in [0.2, 0.25) is 0 Å². The number of anilines is 1. The molecule has 108 valence electrons. The topological polar surface area (TPSA) is 33.4 Å². The molecular weight excluding hydrogens is 248 g/mol. The fourth-order valence-electron chi connectivity index (χ4n) is 3.58. The number of hydrogen-bond donors (Lipinski definition) is 0. The molecule has 1 fully saturated rings. The first-order valence-electron chi connectivity index (χ1n) is 7.67. The maximum absolute atomic E-state index is 4.63. The van der Waals surface area contributed by atoms with E-state index in [1.54, 1.807) is 0 Å². The van der Waals surface area contributed by atoms with Crippen LogP contribution in [0, 0.1) is 12.3 Å². The van der Waals surface area contributed by atoms with Crippen molar-refractivity contribution in [2.24, 2.45) is 5.41 Å². The van der Waals surface area contributed by atoms with Crippen molar-refractivity contribution in [3.8, 4) is 0 Å². The van der Waals surface area contributed by atoms with Crippen molar-refractivity contribution in [3.63, 3.8) is 0 Å². The maximum Gasteiger partial charge on any atom is 0.154 e. The number of aryl methyl sites for hydroxylation is 1. The van der Waals surface area contributed by atoms with E-state index in [0.717, 1.165) is 30.1 Å². The molecule has 20 heavy (non-hydrogen) atoms. The minimum Gasteiger partial charge on any atom is -0.354 e. The van der Waals surface area contributed by atoms with Crippen LogP contribution in [0.25, 0.3) is 5.52 Å². The Kier molecular flexibility index (Phi) is 3.40. The molecule has 3 rings (SSSR count). The molecule has 2 aromatic rings. The number of fused-ring (bicyclic) bond motifs is 1. The second-order valence-electron chi connectivity index (χ2n) is 6.45. The quantitative estimate of drug-likeness (QED) is 0.858. The first-order chi connectivity index (χ1) is 9.61. The second kappa shape index (κ2) is 5.08. The van der Waals surface area contributed by atoms with Crippen LogP contribution in [0.2, 0.25) is 0 Å². The summed E-state index contributed by atoms with van der Waals surface area (Å²) in [6.07, 6.45) is 8.94. The highest BCUT2D eigenvalue weighted by molar-refractivity contribution is 5.69. The molecule has 4 heteroatoms. The van der Waals surface area contributed by atoms with Crippen LogP contribution < -0.4 is 4.90 Å². The lowest BCUT2D eigenvalue weighted by atomic mass is 9.78. The van der Waals surface area contributed by atoms with E-state index in [2.05, 4.69) is 34.9 Å². The summed E-state index contributed by atoms with van der Waals surface area (Å²) in [5.74, 6) is 1.09. The standard InChI is InChI=1S/C16H24N4/c1-4-6-16(3)7-5-9-19(12-16)15-14-11-13(2)18-20(14)10-8-17-15/h8,10-11H,4-7,9,12H2,1-3H3. The second-order valence-corrected chi connectivity index (χ2v) is 6.45. The Bertz CT molecular complexity index is 600. The molecule has 0 saturated carbocycles. The van der Waals surface area contributed by atoms with E-state index in [0.29, 0.717) is 5.41 Å². The van der Waals surface area contributed by atoms with Gasteiger partial charge in [0, 0.05) is 25.5 Å². The summed E-state index contributed by atoms with van der Waals surface area (Å²) in [6.45, 7) is 8.95. The Morgan fingerprint density at radius 2 is 2.25 bits per heavy atom. The molecule has 1 unspecified atom stereocenters. The minimum absolute atomic E-state index is 0.427. The van der Waals surface area contributed by atoms with Crippen molar-refractivity contribution in [1.29, 1.82) is 0 Å². The Morgan fingerprint density at radius 3 is 3.05 bits per heavy atom. The summed E-state index contributed by atoms with van der Waals surface area (Å²) in [6, 6.07) is 2.13. The summed E-state index contributed by atoms with van der Waals surface area (Å²) in [5.41, 5.74) is 2.61. The molecule has 1 aliphatic rings. The Balaban J connectivity index is 1.94. The molecular formula is C16H24N4. The lowest BCUT2D eigenvalue weighted by Crippen LogP contribution is -2.42. The van der Waals surface area contributed by atoms with Crippen LogP contribution >= 0.6 is 0 Å². The summed E-state index contributed by atoms with van der Waals surface area (Å²) >= 11 is 0. The Hall–Kier alpha value is -1.58. The van der Waals surface area contributed by atoms with Gasteiger partial charge in [-0.25, -0.2) is 9.50 Å². The molecule has 0 amide bonds. The van der Waals surface area contributed by atoms with Gasteiger partial charge in [-0.3, -0.25) is 0 Å². The van der Waals surface area contributed by atoms with Gasteiger partial charge in [0.05, 0.1) is 5.69 Å². The lowest BCUT2D eigenvalue weighted by Gasteiger charge is -2.41. The molecule has 1 saturated heterocycles. The first-order valence-corrected chi connectivity index (χ1v) is 7.67. The monoisotopic (exact) mass is 272 g/mol. The van der Waals surface area contributed by atoms with Gasteiger partial charge >= 0.3 is 0 Å². The van der Waals surface area contributed by atoms with Gasteiger partial charge < -0.3 is 4.90 Å². The molecule has 0 radical (unpaired) electrons. The normalized spacial score (nSPS) is 23.4. The zero-order chi connectivity index (χ0) is 14.2. The van der Waals surface area contributed by atoms with Gasteiger partial charge in [0.15, 0.2) is 5.82 Å². The van der Waals surface area contributed by atoms with E-state index < -0.39 is 0 Å². The predicted octanol–water partition coefficient (Wildman–Crippen LogP) is 3.44. The summed E-state index contributed by atoms with van der Waals surface area (Å²) in [4.78, 5) is 7.09. The van der Waals surface area contributed by atoms with Crippen LogP contribution in [0.15, 0.2) is 18.5 Å². The molecule has 0 N–H and O–H groups in total. The van der Waals surface area contributed by atoms with Gasteiger partial charge in [-0.2, -0.15) is 5.10 Å². The number of hydrogen-bond acceptors (Lipinski definition) is 3. The Morgan fingerprint density at radius 1 is 1.40 bits per heavy atom. The molecule has 4 nitrogen and oxygen atoms in total. The average molecular weight is 272 g/mol. The minimum atomic E-state index is 0.427. The Labute approximate surface area is 120 Å². The van der Waals surface area contributed by atoms with Gasteiger partial charge in [0.25, 0.3) is 0 Å². The summed E-state index contributed by atoms with van der Waals surface area (Å²) in [7, 11) is 0. The predicted molar refractivity (Wildman–Crippen MR) is 82.2 cm³/mol. The summed E-state index contributed by atoms with van der Waals surface area (Å²) in [5, 5.41) is 4.49. The third-order valence-electron chi connectivity index (χ3n) is 4.43. The molecule has 1 atom stereocenters. The van der Waals surface area contributed by atoms with Crippen molar-refractivity contribution in [3.05, 3.63) is 24.2 Å². The number of piperidine rings is 1. The molecule has 2 aromatic heterocycles. The van der Waals surface area contributed by atoms with Gasteiger partial charge in [-0.05, 0) is 37.7 Å². The molecule has 0 aromatic carbocycles. The van der Waals surface area contributed by atoms with Crippen LogP contribution in [0.1, 0.15) is 45.2 Å². The largest absolute Gasteiger partial charge is 0.354 e. The van der Waals surface area contributed by atoms with Crippen molar-refractivity contribution in [2.45, 2.75) is 46.5 Å². The third-order valence-corrected chi connectivity index (χ3v) is 4.43. The van der Waals surface area contributed by atoms with Crippen molar-refractivity contribution >= 4 is 11.3 Å². The molecule has 3 heterocycles. The molecule has 0 bridgehead atoms. The smallest absolute Gasteiger partial charge is 0.154 e. The van der Waals surface area contributed by atoms with E-state index in [4.69, 9.17) is 0 Å². The van der Waals surface area contributed by atoms with Crippen molar-refractivity contribution < 1.29 is 0 Å². The highest BCUT2D eigenvalue weighted by atomic mass is 15.3. The van der Waals surface area contributed by atoms with E-state index >= 15 is 0 Å². The SMILES string of the molecule is CCCC1(C)CCCN(c2nccn3nc(C)cc23)C1. The zero-order valence-corrected chi connectivity index (χ0v) is 12.8. The molecule has 0 aliphatic carbocycles. The van der Waals surface area contributed by atoms with Gasteiger partial charge in [0.1, 0.15) is 5.52 Å². The van der Waals surface area contributed by atoms with Crippen LogP contribution in [0.4, 0.5) is 5.82 Å². The van der Waals surface area contributed by atoms with Crippen molar-refractivity contribution in [1.82, 2.24) is 14.6 Å². The van der Waals surface area contributed by atoms with Crippen LogP contribution in [-0.2, 0) is 0 Å². The lowest BCUT2D eigenvalue weighted by molar-refractivity contribution is 0.238. The fraction of sp³-hybridized carbons (Fsp3) is 0.625. The fourth-order valence-corrected chi connectivity index (χ4v) is 3.58. The van der Waals surface area contributed by atoms with E-state index in [-0.39, 0.29) is 0 Å². The van der Waals surface area contributed by atoms with Crippen LogP contribution in [-0.4, -0.2) is 27.7 Å². The van der Waals surface area contributed by atoms with E-state index in [1.807, 2.05) is 23.8 Å². The maximum atomic E-state index is 4.63. The average Bonchev–Trinajstić information content (AvgIpc) is 2.78. The zero-order valence-electron chi connectivity index (χ0n) is 12.8. The number of nitrogens with zero attached hydrogens (tertiary/aromatic N) is 4. The third kappa shape index (κ3) is 2.39. The summed E-state index contributed by atoms with van der Waals surface area (Å²) < 4.78 is 1.95. The van der Waals surface area contributed by atoms with Gasteiger partial charge in [-0.15, -0.1) is 0 Å². The molecule has 1 aliphatic heterocycles. The highest BCUT2D eigenvalue weighted by Crippen LogP contribution is 2.36. The first kappa shape index (κ1) is 13.4. The van der Waals surface area contributed by atoms with E-state index in [1.165, 1.54) is 25.7 Å². The van der Waals surface area contributed by atoms with E-state index in [9.17, 15) is 0 Å². The molecule has 0 spiro atoms. The highest BCUT2D eigenvalue weighted by Gasteiger charge is 2.31. The van der Waals surface area contributed by atoms with Crippen molar-refractivity contribution in [2.75, 3.05) is 18.0 Å². The van der Waals surface area contributed by atoms with Crippen LogP contribution in [0.5, 0.6) is 0 Å². The number of rotatable bonds is 3. The van der Waals surface area contributed by atoms with Gasteiger partial charge in [-0.1, -0.05) is 20.3 Å². The number of aromatic nitrogens is 3.